The van der Waals surface area contributed by atoms with Gasteiger partial charge in [0, 0.05) is 37.8 Å². The summed E-state index contributed by atoms with van der Waals surface area (Å²) in [6.07, 6.45) is -4.63. The zero-order chi connectivity index (χ0) is 14.9. The number of piperazine rings is 1. The molecule has 2 rings (SSSR count). The summed E-state index contributed by atoms with van der Waals surface area (Å²) in [7, 11) is 0. The summed E-state index contributed by atoms with van der Waals surface area (Å²) >= 11 is 0. The van der Waals surface area contributed by atoms with Gasteiger partial charge in [0.2, 0.25) is 0 Å². The van der Waals surface area contributed by atoms with E-state index in [-0.39, 0.29) is 13.1 Å². The number of phenols is 1. The molecule has 0 amide bonds. The fourth-order valence-corrected chi connectivity index (χ4v) is 2.37. The number of rotatable bonds is 2. The minimum Gasteiger partial charge on any atom is -0.505 e. The van der Waals surface area contributed by atoms with Gasteiger partial charge in [-0.05, 0) is 6.07 Å². The number of nitrogen functional groups attached to an aromatic ring is 1. The second-order valence-electron chi connectivity index (χ2n) is 4.66. The molecule has 0 aliphatic carbocycles. The largest absolute Gasteiger partial charge is 0.505 e. The first-order valence-corrected chi connectivity index (χ1v) is 6.10. The second kappa shape index (κ2) is 5.45. The predicted octanol–water partition coefficient (Wildman–Crippen LogP) is 1.62. The minimum absolute atomic E-state index is 0.153. The van der Waals surface area contributed by atoms with Gasteiger partial charge in [-0.15, -0.1) is 0 Å². The molecule has 4 N–H and O–H groups in total. The van der Waals surface area contributed by atoms with Crippen LogP contribution in [0.3, 0.4) is 0 Å². The van der Waals surface area contributed by atoms with Crippen molar-refractivity contribution in [3.8, 4) is 5.75 Å². The summed E-state index contributed by atoms with van der Waals surface area (Å²) in [5.41, 5.74) is 4.40. The van der Waals surface area contributed by atoms with Gasteiger partial charge in [-0.2, -0.15) is 13.2 Å². The van der Waals surface area contributed by atoms with E-state index in [0.29, 0.717) is 19.2 Å². The average molecular weight is 293 g/mol. The predicted molar refractivity (Wildman–Crippen MR) is 65.7 cm³/mol. The summed E-state index contributed by atoms with van der Waals surface area (Å²) in [5.74, 6) is -1.62. The Balaban J connectivity index is 2.46. The Hall–Kier alpha value is -1.54. The third-order valence-corrected chi connectivity index (χ3v) is 3.26. The van der Waals surface area contributed by atoms with Crippen molar-refractivity contribution >= 4 is 5.69 Å². The monoisotopic (exact) mass is 293 g/mol. The van der Waals surface area contributed by atoms with Gasteiger partial charge in [0.05, 0.1) is 5.69 Å². The quantitative estimate of drug-likeness (QED) is 0.440. The molecule has 0 unspecified atom stereocenters. The van der Waals surface area contributed by atoms with Crippen molar-refractivity contribution in [2.75, 3.05) is 31.9 Å². The van der Waals surface area contributed by atoms with Crippen LogP contribution in [0.15, 0.2) is 12.1 Å². The number of halogens is 4. The van der Waals surface area contributed by atoms with Crippen LogP contribution in [0.2, 0.25) is 0 Å². The normalized spacial score (nSPS) is 19.0. The fourth-order valence-electron chi connectivity index (χ4n) is 2.37. The lowest BCUT2D eigenvalue weighted by molar-refractivity contribution is -0.188. The number of benzene rings is 1. The second-order valence-corrected chi connectivity index (χ2v) is 4.66. The van der Waals surface area contributed by atoms with Gasteiger partial charge in [-0.1, -0.05) is 0 Å². The number of anilines is 1. The zero-order valence-corrected chi connectivity index (χ0v) is 10.5. The molecule has 0 bridgehead atoms. The van der Waals surface area contributed by atoms with Gasteiger partial charge in [-0.3, -0.25) is 4.90 Å². The van der Waals surface area contributed by atoms with Crippen LogP contribution in [0.1, 0.15) is 11.6 Å². The molecule has 1 fully saturated rings. The van der Waals surface area contributed by atoms with E-state index < -0.39 is 35.0 Å². The average Bonchev–Trinajstić information content (AvgIpc) is 2.35. The Morgan fingerprint density at radius 3 is 2.40 bits per heavy atom. The Bertz CT molecular complexity index is 486. The van der Waals surface area contributed by atoms with Gasteiger partial charge < -0.3 is 16.2 Å². The molecule has 4 nitrogen and oxygen atoms in total. The molecule has 112 valence electrons. The smallest absolute Gasteiger partial charge is 0.408 e. The SMILES string of the molecule is Nc1cc(F)cc([C@@H](N2CCNCC2)C(F)(F)F)c1O. The molecular formula is C12H15F4N3O. The Labute approximate surface area is 113 Å². The van der Waals surface area contributed by atoms with Crippen molar-refractivity contribution < 1.29 is 22.7 Å². The molecule has 1 heterocycles. The van der Waals surface area contributed by atoms with Crippen molar-refractivity contribution in [3.63, 3.8) is 0 Å². The molecule has 1 aromatic carbocycles. The number of nitrogens with one attached hydrogen (secondary N) is 1. The van der Waals surface area contributed by atoms with Crippen LogP contribution in [0.5, 0.6) is 5.75 Å². The van der Waals surface area contributed by atoms with Crippen LogP contribution in [-0.4, -0.2) is 42.4 Å². The third-order valence-electron chi connectivity index (χ3n) is 3.26. The van der Waals surface area contributed by atoms with Gasteiger partial charge in [0.1, 0.15) is 17.6 Å². The van der Waals surface area contributed by atoms with Crippen molar-refractivity contribution in [1.29, 1.82) is 0 Å². The molecule has 8 heteroatoms. The van der Waals surface area contributed by atoms with E-state index in [9.17, 15) is 22.7 Å². The number of nitrogens with two attached hydrogens (primary N) is 1. The van der Waals surface area contributed by atoms with Crippen LogP contribution in [0.25, 0.3) is 0 Å². The molecule has 20 heavy (non-hydrogen) atoms. The van der Waals surface area contributed by atoms with Crippen LogP contribution in [0.4, 0.5) is 23.2 Å². The molecule has 1 aliphatic rings. The molecule has 0 aromatic heterocycles. The van der Waals surface area contributed by atoms with Crippen molar-refractivity contribution in [3.05, 3.63) is 23.5 Å². The first-order chi connectivity index (χ1) is 9.30. The van der Waals surface area contributed by atoms with Gasteiger partial charge >= 0.3 is 6.18 Å². The maximum atomic E-state index is 13.3. The summed E-state index contributed by atoms with van der Waals surface area (Å²) in [5, 5.41) is 12.7. The Morgan fingerprint density at radius 1 is 1.25 bits per heavy atom. The van der Waals surface area contributed by atoms with Crippen molar-refractivity contribution in [2.24, 2.45) is 0 Å². The third kappa shape index (κ3) is 2.96. The highest BCUT2D eigenvalue weighted by Crippen LogP contribution is 2.43. The maximum Gasteiger partial charge on any atom is 0.408 e. The van der Waals surface area contributed by atoms with E-state index in [1.54, 1.807) is 0 Å². The van der Waals surface area contributed by atoms with Crippen LogP contribution in [-0.2, 0) is 0 Å². The van der Waals surface area contributed by atoms with Gasteiger partial charge in [-0.25, -0.2) is 4.39 Å². The van der Waals surface area contributed by atoms with Crippen molar-refractivity contribution in [2.45, 2.75) is 12.2 Å². The number of aromatic hydroxyl groups is 1. The van der Waals surface area contributed by atoms with E-state index in [0.717, 1.165) is 11.0 Å². The molecule has 0 spiro atoms. The first-order valence-electron chi connectivity index (χ1n) is 6.10. The highest BCUT2D eigenvalue weighted by atomic mass is 19.4. The summed E-state index contributed by atoms with van der Waals surface area (Å²) < 4.78 is 53.2. The summed E-state index contributed by atoms with van der Waals surface area (Å²) in [6, 6.07) is -0.585. The lowest BCUT2D eigenvalue weighted by atomic mass is 10.0. The molecule has 1 saturated heterocycles. The standard InChI is InChI=1S/C12H15F4N3O/c13-7-5-8(10(20)9(17)6-7)11(12(14,15)16)19-3-1-18-2-4-19/h5-6,11,18,20H,1-4,17H2/t11-/m1/s1. The lowest BCUT2D eigenvalue weighted by Crippen LogP contribution is -2.49. The van der Waals surface area contributed by atoms with Crippen molar-refractivity contribution in [1.82, 2.24) is 10.2 Å². The first kappa shape index (κ1) is 14.9. The van der Waals surface area contributed by atoms with E-state index in [4.69, 9.17) is 5.73 Å². The summed E-state index contributed by atoms with van der Waals surface area (Å²) in [4.78, 5) is 1.16. The number of nitrogens with zero attached hydrogens (tertiary/aromatic N) is 1. The van der Waals surface area contributed by atoms with Gasteiger partial charge in [0.15, 0.2) is 0 Å². The fraction of sp³-hybridized carbons (Fsp3) is 0.500. The minimum atomic E-state index is -4.63. The van der Waals surface area contributed by atoms with E-state index >= 15 is 0 Å². The maximum absolute atomic E-state index is 13.3. The van der Waals surface area contributed by atoms with Crippen LogP contribution in [0, 0.1) is 5.82 Å². The number of phenolic OH excluding ortho intramolecular Hbond substituents is 1. The highest BCUT2D eigenvalue weighted by Gasteiger charge is 2.46. The van der Waals surface area contributed by atoms with E-state index in [1.807, 2.05) is 0 Å². The van der Waals surface area contributed by atoms with Crippen LogP contribution >= 0.6 is 0 Å². The molecule has 1 atom stereocenters. The number of hydrogen-bond donors (Lipinski definition) is 3. The van der Waals surface area contributed by atoms with E-state index in [1.165, 1.54) is 0 Å². The number of hydrogen-bond acceptors (Lipinski definition) is 4. The molecule has 1 aliphatic heterocycles. The Kier molecular flexibility index (Phi) is 4.05. The van der Waals surface area contributed by atoms with E-state index in [2.05, 4.69) is 5.32 Å². The highest BCUT2D eigenvalue weighted by molar-refractivity contribution is 5.57. The Morgan fingerprint density at radius 2 is 1.85 bits per heavy atom. The molecule has 0 radical (unpaired) electrons. The van der Waals surface area contributed by atoms with Crippen LogP contribution < -0.4 is 11.1 Å². The lowest BCUT2D eigenvalue weighted by Gasteiger charge is -2.36. The molecule has 0 saturated carbocycles. The van der Waals surface area contributed by atoms with Gasteiger partial charge in [0.25, 0.3) is 0 Å². The topological polar surface area (TPSA) is 61.5 Å². The molecule has 1 aromatic rings. The molecular weight excluding hydrogens is 278 g/mol. The zero-order valence-electron chi connectivity index (χ0n) is 10.5. The number of alkyl halides is 3. The summed E-state index contributed by atoms with van der Waals surface area (Å²) in [6.45, 7) is 1.11.